The van der Waals surface area contributed by atoms with Gasteiger partial charge in [-0.3, -0.25) is 4.98 Å². The first-order valence-electron chi connectivity index (χ1n) is 10.4. The van der Waals surface area contributed by atoms with Crippen LogP contribution in [0.2, 0.25) is 0 Å². The molecule has 5 rings (SSSR count). The van der Waals surface area contributed by atoms with Crippen molar-refractivity contribution in [2.45, 2.75) is 33.1 Å². The van der Waals surface area contributed by atoms with Gasteiger partial charge in [-0.15, -0.1) is 11.3 Å². The zero-order valence-electron chi connectivity index (χ0n) is 17.9. The monoisotopic (exact) mass is 407 g/mol. The minimum atomic E-state index is 0.0596. The molecule has 2 aromatic heterocycles. The number of rotatable bonds is 2. The maximum absolute atomic E-state index is 4.87. The van der Waals surface area contributed by atoms with E-state index in [1.54, 1.807) is 0 Å². The number of fused-ring (bicyclic) bond motifs is 2. The summed E-state index contributed by atoms with van der Waals surface area (Å²) >= 11 is 1.85. The zero-order valence-corrected chi connectivity index (χ0v) is 18.7. The van der Waals surface area contributed by atoms with Crippen LogP contribution in [0.25, 0.3) is 42.6 Å². The van der Waals surface area contributed by atoms with Crippen molar-refractivity contribution in [3.63, 3.8) is 0 Å². The minimum Gasteiger partial charge on any atom is -0.255 e. The molecule has 0 aliphatic heterocycles. The molecule has 5 aromatic rings. The molecule has 2 heterocycles. The predicted octanol–water partition coefficient (Wildman–Crippen LogP) is 8.39. The Morgan fingerprint density at radius 1 is 0.767 bits per heavy atom. The van der Waals surface area contributed by atoms with E-state index in [-0.39, 0.29) is 5.41 Å². The van der Waals surface area contributed by atoms with Gasteiger partial charge in [0, 0.05) is 16.6 Å². The van der Waals surface area contributed by atoms with Crippen LogP contribution in [0.4, 0.5) is 0 Å². The van der Waals surface area contributed by atoms with Gasteiger partial charge in [0.05, 0.1) is 10.4 Å². The minimum absolute atomic E-state index is 0.0596. The smallest absolute Gasteiger partial charge is 0.0880 e. The highest BCUT2D eigenvalue weighted by Crippen LogP contribution is 2.43. The summed E-state index contributed by atoms with van der Waals surface area (Å²) in [6, 6.07) is 26.2. The lowest BCUT2D eigenvalue weighted by molar-refractivity contribution is 0.596. The maximum Gasteiger partial charge on any atom is 0.0880 e. The van der Waals surface area contributed by atoms with Crippen molar-refractivity contribution in [2.75, 3.05) is 0 Å². The largest absolute Gasteiger partial charge is 0.255 e. The predicted molar refractivity (Wildman–Crippen MR) is 131 cm³/mol. The fourth-order valence-electron chi connectivity index (χ4n) is 4.29. The van der Waals surface area contributed by atoms with Gasteiger partial charge < -0.3 is 0 Å². The summed E-state index contributed by atoms with van der Waals surface area (Å²) < 4.78 is 1.27. The number of thiophene rings is 1. The topological polar surface area (TPSA) is 12.9 Å². The molecule has 0 spiro atoms. The van der Waals surface area contributed by atoms with Crippen molar-refractivity contribution >= 4 is 32.2 Å². The van der Waals surface area contributed by atoms with Crippen LogP contribution in [-0.4, -0.2) is 4.98 Å². The van der Waals surface area contributed by atoms with Crippen molar-refractivity contribution in [1.82, 2.24) is 4.98 Å². The van der Waals surface area contributed by atoms with Gasteiger partial charge in [-0.25, -0.2) is 0 Å². The molecule has 0 aliphatic carbocycles. The van der Waals surface area contributed by atoms with Crippen LogP contribution in [0.3, 0.4) is 0 Å². The standard InChI is InChI=1S/C28H25NS/c1-18-22-14-15-29-25(27(22)30-26(18)19-10-6-5-7-11-19)21-16-20-12-8-9-13-23(20)24(17-21)28(2,3)4/h5-17H,1-4H3. The quantitative estimate of drug-likeness (QED) is 0.286. The van der Waals surface area contributed by atoms with Gasteiger partial charge in [-0.1, -0.05) is 75.4 Å². The van der Waals surface area contributed by atoms with E-state index in [0.29, 0.717) is 0 Å². The number of pyridine rings is 1. The lowest BCUT2D eigenvalue weighted by Gasteiger charge is -2.22. The van der Waals surface area contributed by atoms with Crippen LogP contribution >= 0.6 is 11.3 Å². The number of aryl methyl sites for hydroxylation is 1. The summed E-state index contributed by atoms with van der Waals surface area (Å²) in [5.74, 6) is 0. The van der Waals surface area contributed by atoms with Crippen LogP contribution in [0.1, 0.15) is 31.9 Å². The maximum atomic E-state index is 4.87. The Morgan fingerprint density at radius 3 is 2.27 bits per heavy atom. The Kier molecular flexibility index (Phi) is 4.48. The first-order chi connectivity index (χ1) is 14.4. The Bertz CT molecular complexity index is 1370. The third-order valence-corrected chi connectivity index (χ3v) is 7.20. The molecule has 1 nitrogen and oxygen atoms in total. The van der Waals surface area contributed by atoms with Gasteiger partial charge in [0.25, 0.3) is 0 Å². The molecule has 0 fully saturated rings. The summed E-state index contributed by atoms with van der Waals surface area (Å²) in [6.07, 6.45) is 1.96. The first-order valence-corrected chi connectivity index (χ1v) is 11.2. The number of hydrogen-bond donors (Lipinski definition) is 0. The van der Waals surface area contributed by atoms with Gasteiger partial charge in [-0.2, -0.15) is 0 Å². The molecule has 0 aliphatic rings. The Morgan fingerprint density at radius 2 is 1.50 bits per heavy atom. The molecule has 0 atom stereocenters. The van der Waals surface area contributed by atoms with Crippen LogP contribution in [0.5, 0.6) is 0 Å². The molecule has 0 saturated carbocycles. The molecule has 0 saturated heterocycles. The molecule has 0 N–H and O–H groups in total. The molecule has 148 valence electrons. The summed E-state index contributed by atoms with van der Waals surface area (Å²) in [4.78, 5) is 6.20. The van der Waals surface area contributed by atoms with Crippen molar-refractivity contribution in [2.24, 2.45) is 0 Å². The van der Waals surface area contributed by atoms with E-state index in [9.17, 15) is 0 Å². The SMILES string of the molecule is Cc1c(-c2ccccc2)sc2c(-c3cc(C(C)(C)C)c4ccccc4c3)nccc12. The molecule has 30 heavy (non-hydrogen) atoms. The molecule has 2 heteroatoms. The molecule has 0 bridgehead atoms. The molecule has 0 radical (unpaired) electrons. The normalized spacial score (nSPS) is 12.0. The van der Waals surface area contributed by atoms with Gasteiger partial charge in [0.1, 0.15) is 0 Å². The molecule has 0 unspecified atom stereocenters. The molecule has 0 amide bonds. The van der Waals surface area contributed by atoms with E-state index in [2.05, 4.69) is 100 Å². The second kappa shape index (κ2) is 7.07. The van der Waals surface area contributed by atoms with Gasteiger partial charge in [0.2, 0.25) is 0 Å². The lowest BCUT2D eigenvalue weighted by atomic mass is 9.82. The Hall–Kier alpha value is -2.97. The summed E-state index contributed by atoms with van der Waals surface area (Å²) in [5, 5.41) is 3.90. The van der Waals surface area contributed by atoms with Gasteiger partial charge >= 0.3 is 0 Å². The molecule has 3 aromatic carbocycles. The molecular formula is C28H25NS. The average Bonchev–Trinajstić information content (AvgIpc) is 3.09. The number of aromatic nitrogens is 1. The lowest BCUT2D eigenvalue weighted by Crippen LogP contribution is -2.12. The number of hydrogen-bond acceptors (Lipinski definition) is 2. The van der Waals surface area contributed by atoms with Crippen molar-refractivity contribution < 1.29 is 0 Å². The summed E-state index contributed by atoms with van der Waals surface area (Å²) in [5.41, 5.74) is 6.32. The highest BCUT2D eigenvalue weighted by molar-refractivity contribution is 7.23. The van der Waals surface area contributed by atoms with Crippen molar-refractivity contribution in [1.29, 1.82) is 0 Å². The highest BCUT2D eigenvalue weighted by atomic mass is 32.1. The second-order valence-corrected chi connectivity index (χ2v) is 9.97. The Labute approximate surface area is 182 Å². The number of nitrogens with zero attached hydrogens (tertiary/aromatic N) is 1. The van der Waals surface area contributed by atoms with Crippen LogP contribution in [0.15, 0.2) is 79.0 Å². The van der Waals surface area contributed by atoms with Crippen LogP contribution < -0.4 is 0 Å². The zero-order chi connectivity index (χ0) is 20.9. The fourth-order valence-corrected chi connectivity index (χ4v) is 5.61. The number of benzene rings is 3. The molecular weight excluding hydrogens is 382 g/mol. The highest BCUT2D eigenvalue weighted by Gasteiger charge is 2.20. The van der Waals surface area contributed by atoms with Gasteiger partial charge in [-0.05, 0) is 63.4 Å². The van der Waals surface area contributed by atoms with E-state index in [1.165, 1.54) is 48.0 Å². The van der Waals surface area contributed by atoms with E-state index in [0.717, 1.165) is 5.69 Å². The third kappa shape index (κ3) is 3.12. The summed E-state index contributed by atoms with van der Waals surface area (Å²) in [7, 11) is 0. The van der Waals surface area contributed by atoms with E-state index in [4.69, 9.17) is 4.98 Å². The van der Waals surface area contributed by atoms with E-state index in [1.807, 2.05) is 17.5 Å². The Balaban J connectivity index is 1.79. The second-order valence-electron chi connectivity index (χ2n) is 8.95. The van der Waals surface area contributed by atoms with E-state index < -0.39 is 0 Å². The van der Waals surface area contributed by atoms with Gasteiger partial charge in [0.15, 0.2) is 0 Å². The van der Waals surface area contributed by atoms with Crippen molar-refractivity contribution in [3.05, 3.63) is 90.1 Å². The average molecular weight is 408 g/mol. The van der Waals surface area contributed by atoms with E-state index >= 15 is 0 Å². The summed E-state index contributed by atoms with van der Waals surface area (Å²) in [6.45, 7) is 9.09. The van der Waals surface area contributed by atoms with Crippen LogP contribution in [-0.2, 0) is 5.41 Å². The first kappa shape index (κ1) is 19.0. The third-order valence-electron chi connectivity index (χ3n) is 5.83. The fraction of sp³-hybridized carbons (Fsp3) is 0.179. The van der Waals surface area contributed by atoms with Crippen molar-refractivity contribution in [3.8, 4) is 21.7 Å². The van der Waals surface area contributed by atoms with Crippen LogP contribution in [0, 0.1) is 6.92 Å².